The number of imidazole rings is 1. The monoisotopic (exact) mass is 450 g/mol. The van der Waals surface area contributed by atoms with Gasteiger partial charge in [0.15, 0.2) is 0 Å². The highest BCUT2D eigenvalue weighted by molar-refractivity contribution is 6.06. The fourth-order valence-electron chi connectivity index (χ4n) is 4.83. The summed E-state index contributed by atoms with van der Waals surface area (Å²) in [5, 5.41) is 2.73. The molecule has 1 amide bonds. The second-order valence-electron chi connectivity index (χ2n) is 10.00. The quantitative estimate of drug-likeness (QED) is 0.638. The Morgan fingerprint density at radius 1 is 1.24 bits per heavy atom. The lowest BCUT2D eigenvalue weighted by Crippen LogP contribution is -2.48. The third-order valence-electron chi connectivity index (χ3n) is 6.96. The van der Waals surface area contributed by atoms with Crippen molar-refractivity contribution in [1.29, 1.82) is 0 Å². The molecule has 1 aliphatic carbocycles. The number of hydrogen-bond donors (Lipinski definition) is 1. The van der Waals surface area contributed by atoms with Crippen molar-refractivity contribution < 1.29 is 14.3 Å². The first-order valence-electron chi connectivity index (χ1n) is 11.5. The van der Waals surface area contributed by atoms with Crippen LogP contribution in [0.1, 0.15) is 62.5 Å². The number of amides is 1. The number of nitrogens with one attached hydrogen (secondary N) is 1. The van der Waals surface area contributed by atoms with Gasteiger partial charge >= 0.3 is 0 Å². The van der Waals surface area contributed by atoms with Crippen LogP contribution in [0.5, 0.6) is 5.75 Å². The summed E-state index contributed by atoms with van der Waals surface area (Å²) in [6.45, 7) is 6.86. The van der Waals surface area contributed by atoms with Crippen molar-refractivity contribution in [2.75, 3.05) is 11.9 Å². The molecule has 0 radical (unpaired) electrons. The van der Waals surface area contributed by atoms with Crippen LogP contribution in [0.15, 0.2) is 41.6 Å². The third-order valence-corrected chi connectivity index (χ3v) is 6.96. The second kappa shape index (κ2) is 7.73. The number of fused-ring (bicyclic) bond motifs is 4. The number of carbonyl (C=O) groups is 1. The molecule has 0 atom stereocenters. The Balaban J connectivity index is 1.53. The van der Waals surface area contributed by atoms with Crippen molar-refractivity contribution in [3.63, 3.8) is 0 Å². The van der Waals surface area contributed by atoms with Gasteiger partial charge < -0.3 is 23.8 Å². The third kappa shape index (κ3) is 3.82. The predicted octanol–water partition coefficient (Wildman–Crippen LogP) is 3.88. The standard InChI is InChI=1S/C25H30N4O4/c1-16(2)33-19-12-21-27-20(25-9-7-24(3,8-10-25)15-32-25)14-29(21)13-17(19)22(30)26-18-6-5-11-28(4)23(18)31/h5-6,11-14,16H,7-10,15H2,1-4H3,(H,26,30). The molecule has 2 saturated heterocycles. The number of ether oxygens (including phenoxy) is 2. The van der Waals surface area contributed by atoms with Crippen LogP contribution < -0.4 is 15.6 Å². The molecule has 0 unspecified atom stereocenters. The lowest BCUT2D eigenvalue weighted by Gasteiger charge is -2.51. The van der Waals surface area contributed by atoms with Gasteiger partial charge in [0.1, 0.15) is 22.7 Å². The fraction of sp³-hybridized carbons (Fsp3) is 0.480. The highest BCUT2D eigenvalue weighted by atomic mass is 16.5. The topological polar surface area (TPSA) is 86.9 Å². The molecule has 1 saturated carbocycles. The molecule has 3 aromatic rings. The molecule has 3 aromatic heterocycles. The summed E-state index contributed by atoms with van der Waals surface area (Å²) in [4.78, 5) is 30.4. The zero-order valence-electron chi connectivity index (χ0n) is 19.6. The molecule has 2 bridgehead atoms. The summed E-state index contributed by atoms with van der Waals surface area (Å²) in [5.74, 6) is 0.0183. The second-order valence-corrected chi connectivity index (χ2v) is 10.00. The molecular weight excluding hydrogens is 420 g/mol. The minimum atomic E-state index is -0.411. The van der Waals surface area contributed by atoms with Crippen LogP contribution in [0.3, 0.4) is 0 Å². The van der Waals surface area contributed by atoms with Crippen molar-refractivity contribution >= 4 is 17.2 Å². The smallest absolute Gasteiger partial charge is 0.274 e. The number of hydrogen-bond acceptors (Lipinski definition) is 5. The predicted molar refractivity (Wildman–Crippen MR) is 125 cm³/mol. The molecular formula is C25H30N4O4. The maximum atomic E-state index is 13.2. The van der Waals surface area contributed by atoms with Crippen LogP contribution in [-0.2, 0) is 17.4 Å². The molecule has 8 nitrogen and oxygen atoms in total. The summed E-state index contributed by atoms with van der Waals surface area (Å²) in [6, 6.07) is 5.09. The SMILES string of the molecule is CC(C)Oc1cc2nc(C34CCC(C)(CC3)CO4)cn2cc1C(=O)Nc1cccn(C)c1=O. The Labute approximate surface area is 192 Å². The maximum absolute atomic E-state index is 13.2. The van der Waals surface area contributed by atoms with Gasteiger partial charge in [-0.1, -0.05) is 6.92 Å². The van der Waals surface area contributed by atoms with Gasteiger partial charge in [0.2, 0.25) is 0 Å². The van der Waals surface area contributed by atoms with Crippen LogP contribution in [0.2, 0.25) is 0 Å². The van der Waals surface area contributed by atoms with Gasteiger partial charge in [0, 0.05) is 31.7 Å². The molecule has 3 fully saturated rings. The Morgan fingerprint density at radius 3 is 2.67 bits per heavy atom. The summed E-state index contributed by atoms with van der Waals surface area (Å²) in [5.41, 5.74) is 1.79. The van der Waals surface area contributed by atoms with Crippen LogP contribution in [0.25, 0.3) is 5.65 Å². The van der Waals surface area contributed by atoms with Gasteiger partial charge in [-0.05, 0) is 57.1 Å². The molecule has 0 aromatic carbocycles. The van der Waals surface area contributed by atoms with Gasteiger partial charge in [0.05, 0.1) is 24.0 Å². The van der Waals surface area contributed by atoms with E-state index in [1.54, 1.807) is 37.6 Å². The molecule has 6 rings (SSSR count). The summed E-state index contributed by atoms with van der Waals surface area (Å²) in [6.07, 6.45) is 9.35. The molecule has 0 spiro atoms. The molecule has 5 heterocycles. The van der Waals surface area contributed by atoms with Crippen LogP contribution in [0, 0.1) is 5.41 Å². The first kappa shape index (κ1) is 21.7. The largest absolute Gasteiger partial charge is 0.490 e. The number of rotatable bonds is 5. The van der Waals surface area contributed by atoms with E-state index >= 15 is 0 Å². The number of nitrogens with zero attached hydrogens (tertiary/aromatic N) is 3. The van der Waals surface area contributed by atoms with Crippen molar-refractivity contribution in [3.8, 4) is 5.75 Å². The van der Waals surface area contributed by atoms with E-state index in [0.29, 0.717) is 17.0 Å². The lowest BCUT2D eigenvalue weighted by molar-refractivity contribution is -0.185. The van der Waals surface area contributed by atoms with E-state index in [1.165, 1.54) is 4.57 Å². The van der Waals surface area contributed by atoms with Crippen LogP contribution in [-0.4, -0.2) is 32.6 Å². The highest BCUT2D eigenvalue weighted by Gasteiger charge is 2.49. The van der Waals surface area contributed by atoms with Gasteiger partial charge in [-0.15, -0.1) is 0 Å². The van der Waals surface area contributed by atoms with Gasteiger partial charge in [-0.25, -0.2) is 4.98 Å². The molecule has 8 heteroatoms. The van der Waals surface area contributed by atoms with E-state index < -0.39 is 5.91 Å². The Bertz CT molecular complexity index is 1260. The van der Waals surface area contributed by atoms with Crippen molar-refractivity contribution in [1.82, 2.24) is 14.0 Å². The van der Waals surface area contributed by atoms with E-state index in [1.807, 2.05) is 24.4 Å². The minimum absolute atomic E-state index is 0.130. The number of aromatic nitrogens is 3. The zero-order chi connectivity index (χ0) is 23.4. The normalized spacial score (nSPS) is 24.4. The van der Waals surface area contributed by atoms with Gasteiger partial charge in [-0.2, -0.15) is 0 Å². The summed E-state index contributed by atoms with van der Waals surface area (Å²) in [7, 11) is 1.64. The van der Waals surface area contributed by atoms with Crippen LogP contribution in [0.4, 0.5) is 5.69 Å². The fourth-order valence-corrected chi connectivity index (χ4v) is 4.83. The average Bonchev–Trinajstić information content (AvgIpc) is 3.20. The average molecular weight is 451 g/mol. The Hall–Kier alpha value is -3.13. The maximum Gasteiger partial charge on any atom is 0.274 e. The van der Waals surface area contributed by atoms with Crippen molar-refractivity contribution in [3.05, 3.63) is 58.4 Å². The van der Waals surface area contributed by atoms with E-state index in [0.717, 1.165) is 38.0 Å². The first-order valence-corrected chi connectivity index (χ1v) is 11.5. The molecule has 2 aliphatic heterocycles. The van der Waals surface area contributed by atoms with E-state index in [9.17, 15) is 9.59 Å². The number of pyridine rings is 2. The van der Waals surface area contributed by atoms with Crippen molar-refractivity contribution in [2.45, 2.75) is 58.2 Å². The lowest BCUT2D eigenvalue weighted by atomic mass is 9.66. The number of carbonyl (C=O) groups excluding carboxylic acids is 1. The summed E-state index contributed by atoms with van der Waals surface area (Å²) >= 11 is 0. The molecule has 3 aliphatic rings. The van der Waals surface area contributed by atoms with E-state index in [-0.39, 0.29) is 28.4 Å². The van der Waals surface area contributed by atoms with Gasteiger partial charge in [0.25, 0.3) is 11.5 Å². The molecule has 1 N–H and O–H groups in total. The van der Waals surface area contributed by atoms with Gasteiger partial charge in [-0.3, -0.25) is 9.59 Å². The van der Waals surface area contributed by atoms with E-state index in [2.05, 4.69) is 12.2 Å². The number of aryl methyl sites for hydroxylation is 1. The van der Waals surface area contributed by atoms with Crippen LogP contribution >= 0.6 is 0 Å². The molecule has 33 heavy (non-hydrogen) atoms. The van der Waals surface area contributed by atoms with E-state index in [4.69, 9.17) is 14.5 Å². The number of anilines is 1. The highest BCUT2D eigenvalue weighted by Crippen LogP contribution is 2.53. The Kier molecular flexibility index (Phi) is 5.08. The zero-order valence-corrected chi connectivity index (χ0v) is 19.6. The molecule has 174 valence electrons. The Morgan fingerprint density at radius 2 is 2.00 bits per heavy atom. The first-order chi connectivity index (χ1) is 15.7. The minimum Gasteiger partial charge on any atom is -0.490 e. The van der Waals surface area contributed by atoms with Crippen molar-refractivity contribution in [2.24, 2.45) is 12.5 Å². The summed E-state index contributed by atoms with van der Waals surface area (Å²) < 4.78 is 15.6.